The van der Waals surface area contributed by atoms with Crippen LogP contribution in [0.3, 0.4) is 0 Å². The highest BCUT2D eigenvalue weighted by Crippen LogP contribution is 2.31. The summed E-state index contributed by atoms with van der Waals surface area (Å²) in [7, 11) is 0. The van der Waals surface area contributed by atoms with E-state index >= 15 is 0 Å². The van der Waals surface area contributed by atoms with E-state index in [1.807, 2.05) is 61.5 Å². The maximum Gasteiger partial charge on any atom is 0.315 e. The lowest BCUT2D eigenvalue weighted by atomic mass is 10.1. The molecular formula is C19H21N3O2. The number of fused-ring (bicyclic) bond motifs is 1. The van der Waals surface area contributed by atoms with Gasteiger partial charge in [-0.1, -0.05) is 48.5 Å². The number of nitrogens with zero attached hydrogens (tertiary/aromatic N) is 1. The monoisotopic (exact) mass is 323 g/mol. The second kappa shape index (κ2) is 7.17. The number of hydrogen-bond acceptors (Lipinski definition) is 2. The summed E-state index contributed by atoms with van der Waals surface area (Å²) in [6, 6.07) is 17.3. The van der Waals surface area contributed by atoms with Gasteiger partial charge in [0.2, 0.25) is 5.91 Å². The van der Waals surface area contributed by atoms with Crippen LogP contribution in [0.25, 0.3) is 0 Å². The highest BCUT2D eigenvalue weighted by molar-refractivity contribution is 5.98. The van der Waals surface area contributed by atoms with Gasteiger partial charge in [-0.3, -0.25) is 4.79 Å². The summed E-state index contributed by atoms with van der Waals surface area (Å²) in [5, 5.41) is 5.39. The number of anilines is 1. The number of amides is 3. The Balaban J connectivity index is 1.51. The number of carbonyl (C=O) groups excluding carboxylic acids is 2. The Kier molecular flexibility index (Phi) is 4.79. The van der Waals surface area contributed by atoms with Gasteiger partial charge in [0.1, 0.15) is 0 Å². The van der Waals surface area contributed by atoms with Crippen LogP contribution < -0.4 is 15.5 Å². The van der Waals surface area contributed by atoms with Gasteiger partial charge in [0.15, 0.2) is 0 Å². The van der Waals surface area contributed by atoms with E-state index in [0.29, 0.717) is 6.54 Å². The van der Waals surface area contributed by atoms with Crippen LogP contribution in [-0.4, -0.2) is 24.5 Å². The molecule has 1 heterocycles. The van der Waals surface area contributed by atoms with Crippen LogP contribution >= 0.6 is 0 Å². The second-order valence-corrected chi connectivity index (χ2v) is 5.97. The van der Waals surface area contributed by atoms with E-state index in [9.17, 15) is 9.59 Å². The average molecular weight is 323 g/mol. The normalized spacial score (nSPS) is 15.7. The SMILES string of the molecule is CC1Cc2ccccc2N1C(=O)CNC(=O)NCc1ccccc1. The number of urea groups is 1. The molecule has 2 N–H and O–H groups in total. The molecule has 1 atom stereocenters. The lowest BCUT2D eigenvalue weighted by molar-refractivity contribution is -0.117. The highest BCUT2D eigenvalue weighted by atomic mass is 16.2. The first kappa shape index (κ1) is 16.1. The molecule has 0 saturated carbocycles. The first-order valence-corrected chi connectivity index (χ1v) is 8.11. The van der Waals surface area contributed by atoms with Gasteiger partial charge in [0.25, 0.3) is 0 Å². The van der Waals surface area contributed by atoms with Gasteiger partial charge in [-0.25, -0.2) is 4.79 Å². The highest BCUT2D eigenvalue weighted by Gasteiger charge is 2.30. The molecule has 5 nitrogen and oxygen atoms in total. The minimum Gasteiger partial charge on any atom is -0.334 e. The summed E-state index contributed by atoms with van der Waals surface area (Å²) in [6.45, 7) is 2.44. The Morgan fingerprint density at radius 2 is 1.75 bits per heavy atom. The van der Waals surface area contributed by atoms with Gasteiger partial charge in [-0.15, -0.1) is 0 Å². The minimum absolute atomic E-state index is 0.0146. The molecule has 1 aliphatic heterocycles. The molecule has 2 aromatic rings. The zero-order valence-electron chi connectivity index (χ0n) is 13.7. The van der Waals surface area contributed by atoms with Crippen molar-refractivity contribution >= 4 is 17.6 Å². The predicted molar refractivity (Wildman–Crippen MR) is 93.8 cm³/mol. The zero-order chi connectivity index (χ0) is 16.9. The molecular weight excluding hydrogens is 302 g/mol. The van der Waals surface area contributed by atoms with Crippen molar-refractivity contribution in [2.45, 2.75) is 25.9 Å². The fourth-order valence-electron chi connectivity index (χ4n) is 3.03. The van der Waals surface area contributed by atoms with Crippen LogP contribution in [0.15, 0.2) is 54.6 Å². The molecule has 2 aromatic carbocycles. The van der Waals surface area contributed by atoms with Crippen molar-refractivity contribution in [2.24, 2.45) is 0 Å². The van der Waals surface area contributed by atoms with Crippen molar-refractivity contribution in [1.82, 2.24) is 10.6 Å². The number of rotatable bonds is 4. The molecule has 3 amide bonds. The van der Waals surface area contributed by atoms with E-state index in [1.54, 1.807) is 4.90 Å². The first-order valence-electron chi connectivity index (χ1n) is 8.11. The fraction of sp³-hybridized carbons (Fsp3) is 0.263. The molecule has 1 unspecified atom stereocenters. The van der Waals surface area contributed by atoms with Crippen molar-refractivity contribution in [1.29, 1.82) is 0 Å². The van der Waals surface area contributed by atoms with Crippen LogP contribution in [0.5, 0.6) is 0 Å². The molecule has 0 aliphatic carbocycles. The quantitative estimate of drug-likeness (QED) is 0.908. The fourth-order valence-corrected chi connectivity index (χ4v) is 3.03. The smallest absolute Gasteiger partial charge is 0.315 e. The van der Waals surface area contributed by atoms with E-state index in [2.05, 4.69) is 10.6 Å². The Hall–Kier alpha value is -2.82. The molecule has 0 saturated heterocycles. The zero-order valence-corrected chi connectivity index (χ0v) is 13.7. The standard InChI is InChI=1S/C19H21N3O2/c1-14-11-16-9-5-6-10-17(16)22(14)18(23)13-21-19(24)20-12-15-7-3-2-4-8-15/h2-10,14H,11-13H2,1H3,(H2,20,21,24). The Labute approximate surface area is 141 Å². The molecule has 0 aromatic heterocycles. The second-order valence-electron chi connectivity index (χ2n) is 5.97. The van der Waals surface area contributed by atoms with Crippen LogP contribution in [0, 0.1) is 0 Å². The third kappa shape index (κ3) is 3.56. The minimum atomic E-state index is -0.340. The van der Waals surface area contributed by atoms with Crippen molar-refractivity contribution in [2.75, 3.05) is 11.4 Å². The van der Waals surface area contributed by atoms with Crippen LogP contribution in [-0.2, 0) is 17.8 Å². The van der Waals surface area contributed by atoms with Crippen LogP contribution in [0.4, 0.5) is 10.5 Å². The molecule has 0 fully saturated rings. The molecule has 3 rings (SSSR count). The molecule has 1 aliphatic rings. The van der Waals surface area contributed by atoms with E-state index in [0.717, 1.165) is 17.7 Å². The van der Waals surface area contributed by atoms with E-state index in [-0.39, 0.29) is 24.5 Å². The number of para-hydroxylation sites is 1. The average Bonchev–Trinajstić information content (AvgIpc) is 2.94. The summed E-state index contributed by atoms with van der Waals surface area (Å²) in [6.07, 6.45) is 0.849. The summed E-state index contributed by atoms with van der Waals surface area (Å²) in [5.41, 5.74) is 3.13. The Bertz CT molecular complexity index is 730. The number of hydrogen-bond donors (Lipinski definition) is 2. The summed E-state index contributed by atoms with van der Waals surface area (Å²) >= 11 is 0. The van der Waals surface area contributed by atoms with Crippen LogP contribution in [0.2, 0.25) is 0 Å². The first-order chi connectivity index (χ1) is 11.6. The third-order valence-electron chi connectivity index (χ3n) is 4.17. The van der Waals surface area contributed by atoms with Crippen molar-refractivity contribution < 1.29 is 9.59 Å². The largest absolute Gasteiger partial charge is 0.334 e. The maximum atomic E-state index is 12.5. The lowest BCUT2D eigenvalue weighted by Crippen LogP contribution is -2.45. The number of benzene rings is 2. The number of carbonyl (C=O) groups is 2. The van der Waals surface area contributed by atoms with E-state index in [4.69, 9.17) is 0 Å². The molecule has 5 heteroatoms. The summed E-state index contributed by atoms with van der Waals surface area (Å²) in [5.74, 6) is -0.0951. The Morgan fingerprint density at radius 1 is 1.04 bits per heavy atom. The van der Waals surface area contributed by atoms with E-state index < -0.39 is 0 Å². The topological polar surface area (TPSA) is 61.4 Å². The molecule has 0 spiro atoms. The maximum absolute atomic E-state index is 12.5. The van der Waals surface area contributed by atoms with Gasteiger partial charge in [0, 0.05) is 18.3 Å². The Morgan fingerprint density at radius 3 is 2.54 bits per heavy atom. The van der Waals surface area contributed by atoms with Gasteiger partial charge >= 0.3 is 6.03 Å². The lowest BCUT2D eigenvalue weighted by Gasteiger charge is -2.23. The van der Waals surface area contributed by atoms with Crippen molar-refractivity contribution in [3.8, 4) is 0 Å². The molecule has 0 bridgehead atoms. The van der Waals surface area contributed by atoms with E-state index in [1.165, 1.54) is 5.56 Å². The summed E-state index contributed by atoms with van der Waals surface area (Å²) in [4.78, 5) is 26.1. The van der Waals surface area contributed by atoms with Gasteiger partial charge < -0.3 is 15.5 Å². The van der Waals surface area contributed by atoms with Crippen molar-refractivity contribution in [3.63, 3.8) is 0 Å². The van der Waals surface area contributed by atoms with Crippen molar-refractivity contribution in [3.05, 3.63) is 65.7 Å². The van der Waals surface area contributed by atoms with Crippen LogP contribution in [0.1, 0.15) is 18.1 Å². The van der Waals surface area contributed by atoms with Gasteiger partial charge in [-0.2, -0.15) is 0 Å². The summed E-state index contributed by atoms with van der Waals surface area (Å²) < 4.78 is 0. The van der Waals surface area contributed by atoms with Gasteiger partial charge in [-0.05, 0) is 30.5 Å². The third-order valence-corrected chi connectivity index (χ3v) is 4.17. The predicted octanol–water partition coefficient (Wildman–Crippen LogP) is 2.46. The van der Waals surface area contributed by atoms with Gasteiger partial charge in [0.05, 0.1) is 6.54 Å². The molecule has 0 radical (unpaired) electrons. The molecule has 124 valence electrons. The number of nitrogens with one attached hydrogen (secondary N) is 2. The molecule has 24 heavy (non-hydrogen) atoms.